The van der Waals surface area contributed by atoms with Gasteiger partial charge in [-0.2, -0.15) is 13.5 Å². The van der Waals surface area contributed by atoms with Gasteiger partial charge in [0.05, 0.1) is 31.2 Å². The summed E-state index contributed by atoms with van der Waals surface area (Å²) in [4.78, 5) is 11.0. The molecule has 1 amide bonds. The van der Waals surface area contributed by atoms with Crippen LogP contribution in [0.4, 0.5) is 4.79 Å². The van der Waals surface area contributed by atoms with Gasteiger partial charge < -0.3 is 13.7 Å². The van der Waals surface area contributed by atoms with Gasteiger partial charge >= 0.3 is 16.2 Å². The van der Waals surface area contributed by atoms with E-state index in [9.17, 15) is 13.2 Å². The van der Waals surface area contributed by atoms with Gasteiger partial charge in [0.15, 0.2) is 5.75 Å². The minimum atomic E-state index is -3.75. The zero-order chi connectivity index (χ0) is 16.8. The maximum absolute atomic E-state index is 11.2. The van der Waals surface area contributed by atoms with Gasteiger partial charge in [0, 0.05) is 0 Å². The maximum Gasteiger partial charge on any atom is 0.427 e. The highest BCUT2D eigenvalue weighted by atomic mass is 35.5. The Bertz CT molecular complexity index is 674. The van der Waals surface area contributed by atoms with E-state index in [-0.39, 0.29) is 23.1 Å². The zero-order valence-corrected chi connectivity index (χ0v) is 13.7. The van der Waals surface area contributed by atoms with E-state index in [1.807, 2.05) is 0 Å². The Kier molecular flexibility index (Phi) is 6.44. The number of hydrazone groups is 1. The molecule has 0 aliphatic carbocycles. The van der Waals surface area contributed by atoms with Crippen molar-refractivity contribution in [1.82, 2.24) is 5.43 Å². The molecule has 1 aromatic carbocycles. The van der Waals surface area contributed by atoms with Crippen molar-refractivity contribution >= 4 is 34.0 Å². The summed E-state index contributed by atoms with van der Waals surface area (Å²) in [6.45, 7) is 1.88. The Balaban J connectivity index is 2.98. The number of carbonyl (C=O) groups is 1. The average Bonchev–Trinajstić information content (AvgIpc) is 2.40. The third-order valence-electron chi connectivity index (χ3n) is 2.13. The largest absolute Gasteiger partial charge is 0.493 e. The maximum atomic E-state index is 11.2. The Morgan fingerprint density at radius 1 is 1.45 bits per heavy atom. The van der Waals surface area contributed by atoms with Crippen molar-refractivity contribution in [2.24, 2.45) is 5.10 Å². The summed E-state index contributed by atoms with van der Waals surface area (Å²) in [6, 6.07) is 2.85. The third-order valence-corrected chi connectivity index (χ3v) is 2.88. The highest BCUT2D eigenvalue weighted by Crippen LogP contribution is 2.36. The zero-order valence-electron chi connectivity index (χ0n) is 12.1. The molecule has 0 spiro atoms. The number of methoxy groups -OCH3 is 1. The van der Waals surface area contributed by atoms with Gasteiger partial charge in [-0.05, 0) is 24.6 Å². The number of rotatable bonds is 6. The Labute approximate surface area is 133 Å². The Morgan fingerprint density at radius 3 is 2.68 bits per heavy atom. The number of hydrogen-bond donors (Lipinski definition) is 1. The fraction of sp³-hybridized carbons (Fsp3) is 0.333. The average molecular weight is 351 g/mol. The fourth-order valence-corrected chi connectivity index (χ4v) is 2.15. The van der Waals surface area contributed by atoms with Crippen molar-refractivity contribution in [2.75, 3.05) is 20.0 Å². The first-order valence-electron chi connectivity index (χ1n) is 5.99. The van der Waals surface area contributed by atoms with E-state index in [2.05, 4.69) is 15.3 Å². The summed E-state index contributed by atoms with van der Waals surface area (Å²) in [7, 11) is -2.42. The van der Waals surface area contributed by atoms with Crippen LogP contribution in [-0.4, -0.2) is 40.7 Å². The molecule has 0 aromatic heterocycles. The molecule has 0 radical (unpaired) electrons. The molecular weight excluding hydrogens is 336 g/mol. The molecule has 0 fully saturated rings. The molecule has 0 aliphatic heterocycles. The second kappa shape index (κ2) is 7.85. The van der Waals surface area contributed by atoms with Crippen LogP contribution in [0.1, 0.15) is 12.5 Å². The van der Waals surface area contributed by atoms with Crippen LogP contribution in [0.2, 0.25) is 5.02 Å². The lowest BCUT2D eigenvalue weighted by Crippen LogP contribution is -2.18. The van der Waals surface area contributed by atoms with Crippen LogP contribution in [0.5, 0.6) is 11.5 Å². The van der Waals surface area contributed by atoms with Crippen molar-refractivity contribution in [1.29, 1.82) is 0 Å². The molecular formula is C12H15ClN2O6S. The molecule has 0 bridgehead atoms. The molecule has 0 unspecified atom stereocenters. The molecule has 22 heavy (non-hydrogen) atoms. The number of benzene rings is 1. The van der Waals surface area contributed by atoms with E-state index in [0.717, 1.165) is 6.26 Å². The third kappa shape index (κ3) is 5.78. The van der Waals surface area contributed by atoms with Crippen molar-refractivity contribution in [3.05, 3.63) is 22.7 Å². The Hall–Kier alpha value is -2.00. The second-order valence-electron chi connectivity index (χ2n) is 3.91. The molecule has 0 saturated heterocycles. The number of halogens is 1. The van der Waals surface area contributed by atoms with Crippen LogP contribution in [-0.2, 0) is 14.9 Å². The number of nitrogens with one attached hydrogen (secondary N) is 1. The lowest BCUT2D eigenvalue weighted by Gasteiger charge is -2.11. The summed E-state index contributed by atoms with van der Waals surface area (Å²) in [5.41, 5.74) is 2.60. The van der Waals surface area contributed by atoms with Crippen molar-refractivity contribution in [3.63, 3.8) is 0 Å². The topological polar surface area (TPSA) is 103 Å². The summed E-state index contributed by atoms with van der Waals surface area (Å²) < 4.78 is 36.8. The molecule has 1 aromatic rings. The number of ether oxygens (including phenoxy) is 2. The van der Waals surface area contributed by atoms with Gasteiger partial charge in [-0.3, -0.25) is 0 Å². The van der Waals surface area contributed by atoms with Crippen molar-refractivity contribution < 1.29 is 26.9 Å². The predicted octanol–water partition coefficient (Wildman–Crippen LogP) is 1.77. The van der Waals surface area contributed by atoms with Crippen LogP contribution in [0, 0.1) is 0 Å². The summed E-state index contributed by atoms with van der Waals surface area (Å²) in [5.74, 6) is -0.0160. The highest BCUT2D eigenvalue weighted by molar-refractivity contribution is 7.86. The molecule has 0 atom stereocenters. The van der Waals surface area contributed by atoms with Crippen LogP contribution in [0.15, 0.2) is 17.2 Å². The fourth-order valence-electron chi connectivity index (χ4n) is 1.37. The molecule has 1 N–H and O–H groups in total. The quantitative estimate of drug-likeness (QED) is 0.476. The normalized spacial score (nSPS) is 11.3. The molecule has 10 heteroatoms. The Morgan fingerprint density at radius 2 is 2.14 bits per heavy atom. The monoisotopic (exact) mass is 350 g/mol. The minimum absolute atomic E-state index is 0.0161. The minimum Gasteiger partial charge on any atom is -0.493 e. The molecule has 0 aliphatic rings. The van der Waals surface area contributed by atoms with Crippen LogP contribution in [0.25, 0.3) is 0 Å². The highest BCUT2D eigenvalue weighted by Gasteiger charge is 2.16. The van der Waals surface area contributed by atoms with Gasteiger partial charge in [0.2, 0.25) is 5.75 Å². The van der Waals surface area contributed by atoms with Crippen LogP contribution >= 0.6 is 11.6 Å². The number of amides is 1. The number of carbonyl (C=O) groups excluding carboxylic acids is 1. The van der Waals surface area contributed by atoms with E-state index in [4.69, 9.17) is 20.5 Å². The van der Waals surface area contributed by atoms with E-state index in [0.29, 0.717) is 5.56 Å². The van der Waals surface area contributed by atoms with Crippen LogP contribution in [0.3, 0.4) is 0 Å². The van der Waals surface area contributed by atoms with Crippen molar-refractivity contribution in [2.45, 2.75) is 6.92 Å². The van der Waals surface area contributed by atoms with E-state index in [1.54, 1.807) is 6.92 Å². The molecule has 8 nitrogen and oxygen atoms in total. The summed E-state index contributed by atoms with van der Waals surface area (Å²) in [5, 5.41) is 3.67. The second-order valence-corrected chi connectivity index (χ2v) is 5.89. The van der Waals surface area contributed by atoms with Crippen molar-refractivity contribution in [3.8, 4) is 11.5 Å². The molecule has 0 heterocycles. The molecule has 0 saturated carbocycles. The first-order chi connectivity index (χ1) is 10.3. The number of nitrogens with zero attached hydrogens (tertiary/aromatic N) is 1. The smallest absolute Gasteiger partial charge is 0.427 e. The first kappa shape index (κ1) is 18.1. The standard InChI is InChI=1S/C12H15ClN2O6S/c1-4-20-12(16)15-14-7-8-5-9(13)11(10(6-8)19-2)21-22(3,17)18/h5-7H,4H2,1-3H3,(H,15,16)/b14-7-. The molecule has 122 valence electrons. The van der Waals surface area contributed by atoms with Gasteiger partial charge in [0.1, 0.15) is 0 Å². The van der Waals surface area contributed by atoms with Gasteiger partial charge in [-0.1, -0.05) is 11.6 Å². The first-order valence-corrected chi connectivity index (χ1v) is 8.19. The van der Waals surface area contributed by atoms with Crippen LogP contribution < -0.4 is 14.3 Å². The van der Waals surface area contributed by atoms with Gasteiger partial charge in [-0.15, -0.1) is 0 Å². The SMILES string of the molecule is CCOC(=O)N/N=C\c1cc(Cl)c(OS(C)(=O)=O)c(OC)c1. The van der Waals surface area contributed by atoms with Gasteiger partial charge in [-0.25, -0.2) is 10.2 Å². The van der Waals surface area contributed by atoms with E-state index < -0.39 is 16.2 Å². The number of hydrogen-bond acceptors (Lipinski definition) is 7. The van der Waals surface area contributed by atoms with Gasteiger partial charge in [0.25, 0.3) is 0 Å². The lowest BCUT2D eigenvalue weighted by molar-refractivity contribution is 0.152. The predicted molar refractivity (Wildman–Crippen MR) is 81.2 cm³/mol. The van der Waals surface area contributed by atoms with E-state index >= 15 is 0 Å². The van der Waals surface area contributed by atoms with E-state index in [1.165, 1.54) is 25.5 Å². The summed E-state index contributed by atoms with van der Waals surface area (Å²) >= 11 is 5.97. The molecule has 1 rings (SSSR count). The summed E-state index contributed by atoms with van der Waals surface area (Å²) in [6.07, 6.45) is 1.48. The lowest BCUT2D eigenvalue weighted by atomic mass is 10.2.